The summed E-state index contributed by atoms with van der Waals surface area (Å²) >= 11 is 5.73. The van der Waals surface area contributed by atoms with Crippen LogP contribution in [-0.4, -0.2) is 58.9 Å². The molecule has 0 saturated carbocycles. The third-order valence-electron chi connectivity index (χ3n) is 3.73. The van der Waals surface area contributed by atoms with Gasteiger partial charge in [0.15, 0.2) is 5.82 Å². The topological polar surface area (TPSA) is 52.2 Å². The van der Waals surface area contributed by atoms with Gasteiger partial charge in [0.05, 0.1) is 16.1 Å². The van der Waals surface area contributed by atoms with Crippen LogP contribution in [0.1, 0.15) is 17.0 Å². The molecule has 1 N–H and O–H groups in total. The molecule has 5 nitrogen and oxygen atoms in total. The van der Waals surface area contributed by atoms with Gasteiger partial charge in [-0.1, -0.05) is 11.6 Å². The van der Waals surface area contributed by atoms with E-state index >= 15 is 0 Å². The highest BCUT2D eigenvalue weighted by atomic mass is 35.5. The molecule has 0 aliphatic carbocycles. The molecule has 21 heavy (non-hydrogen) atoms. The molecule has 1 aliphatic heterocycles. The van der Waals surface area contributed by atoms with E-state index in [-0.39, 0.29) is 16.8 Å². The van der Waals surface area contributed by atoms with E-state index in [2.05, 4.69) is 14.9 Å². The maximum atomic E-state index is 13.4. The number of hydrogen-bond donors (Lipinski definition) is 1. The van der Waals surface area contributed by atoms with E-state index in [1.807, 2.05) is 7.05 Å². The van der Waals surface area contributed by atoms with Gasteiger partial charge in [-0.05, 0) is 26.1 Å². The van der Waals surface area contributed by atoms with Crippen molar-refractivity contribution >= 4 is 28.5 Å². The summed E-state index contributed by atoms with van der Waals surface area (Å²) < 4.78 is 13.4. The molecule has 7 heteroatoms. The molecule has 3 rings (SSSR count). The lowest BCUT2D eigenvalue weighted by molar-refractivity contribution is 0.0752. The first-order valence-electron chi connectivity index (χ1n) is 6.87. The molecule has 2 aromatic rings. The first-order chi connectivity index (χ1) is 10.0. The van der Waals surface area contributed by atoms with Gasteiger partial charge in [0.25, 0.3) is 5.91 Å². The Kier molecular flexibility index (Phi) is 3.82. The molecule has 1 saturated heterocycles. The summed E-state index contributed by atoms with van der Waals surface area (Å²) in [5, 5.41) is 0.00407. The predicted octanol–water partition coefficient (Wildman–Crippen LogP) is 2.13. The van der Waals surface area contributed by atoms with Gasteiger partial charge in [0.1, 0.15) is 5.82 Å². The largest absolute Gasteiger partial charge is 0.335 e. The van der Waals surface area contributed by atoms with Crippen molar-refractivity contribution in [3.05, 3.63) is 28.8 Å². The van der Waals surface area contributed by atoms with Crippen molar-refractivity contribution in [1.82, 2.24) is 19.8 Å². The van der Waals surface area contributed by atoms with Gasteiger partial charge in [0, 0.05) is 25.7 Å². The Hall–Kier alpha value is -1.66. The summed E-state index contributed by atoms with van der Waals surface area (Å²) in [5.41, 5.74) is 0.976. The second-order valence-electron chi connectivity index (χ2n) is 5.32. The second-order valence-corrected chi connectivity index (χ2v) is 5.73. The lowest BCUT2D eigenvalue weighted by atomic mass is 10.3. The minimum Gasteiger partial charge on any atom is -0.335 e. The summed E-state index contributed by atoms with van der Waals surface area (Å²) in [5.74, 6) is -0.447. The van der Waals surface area contributed by atoms with Gasteiger partial charge in [-0.15, -0.1) is 0 Å². The van der Waals surface area contributed by atoms with Crippen LogP contribution in [0.3, 0.4) is 0 Å². The molecule has 1 aromatic carbocycles. The Morgan fingerprint density at radius 1 is 1.33 bits per heavy atom. The van der Waals surface area contributed by atoms with Crippen LogP contribution in [-0.2, 0) is 0 Å². The lowest BCUT2D eigenvalue weighted by Crippen LogP contribution is -2.35. The number of amides is 1. The first kappa shape index (κ1) is 14.3. The monoisotopic (exact) mass is 310 g/mol. The molecule has 1 aromatic heterocycles. The Labute approximate surface area is 126 Å². The van der Waals surface area contributed by atoms with Gasteiger partial charge >= 0.3 is 0 Å². The van der Waals surface area contributed by atoms with Crippen LogP contribution in [0.2, 0.25) is 5.02 Å². The number of carbonyl (C=O) groups excluding carboxylic acids is 1. The Morgan fingerprint density at radius 2 is 2.14 bits per heavy atom. The lowest BCUT2D eigenvalue weighted by Gasteiger charge is -2.19. The number of aromatic amines is 1. The highest BCUT2D eigenvalue weighted by molar-refractivity contribution is 6.31. The van der Waals surface area contributed by atoms with Gasteiger partial charge in [0.2, 0.25) is 0 Å². The Bertz CT molecular complexity index is 648. The summed E-state index contributed by atoms with van der Waals surface area (Å²) in [6.07, 6.45) is 0.933. The van der Waals surface area contributed by atoms with Crippen LogP contribution in [0.15, 0.2) is 12.1 Å². The molecular formula is C14H16ClFN4O. The number of hydrogen-bond acceptors (Lipinski definition) is 3. The van der Waals surface area contributed by atoms with Gasteiger partial charge < -0.3 is 14.8 Å². The number of carbonyl (C=O) groups is 1. The minimum atomic E-state index is -0.525. The number of aromatic nitrogens is 2. The average molecular weight is 311 g/mol. The van der Waals surface area contributed by atoms with Crippen LogP contribution in [0.4, 0.5) is 4.39 Å². The van der Waals surface area contributed by atoms with Crippen LogP contribution < -0.4 is 0 Å². The predicted molar refractivity (Wildman–Crippen MR) is 79.1 cm³/mol. The van der Waals surface area contributed by atoms with Crippen molar-refractivity contribution in [2.75, 3.05) is 33.2 Å². The Morgan fingerprint density at radius 3 is 2.95 bits per heavy atom. The van der Waals surface area contributed by atoms with E-state index in [1.165, 1.54) is 12.1 Å². The van der Waals surface area contributed by atoms with Gasteiger partial charge in [-0.3, -0.25) is 4.79 Å². The first-order valence-corrected chi connectivity index (χ1v) is 7.25. The van der Waals surface area contributed by atoms with Crippen molar-refractivity contribution < 1.29 is 9.18 Å². The SMILES string of the molecule is CN1CCCN(C(=O)c2nc3cc(Cl)c(F)cc3[nH]2)CC1. The zero-order valence-corrected chi connectivity index (χ0v) is 12.5. The molecule has 1 amide bonds. The fourth-order valence-electron chi connectivity index (χ4n) is 2.51. The van der Waals surface area contributed by atoms with E-state index in [1.54, 1.807) is 4.90 Å². The number of benzene rings is 1. The van der Waals surface area contributed by atoms with Crippen molar-refractivity contribution in [3.8, 4) is 0 Å². The summed E-state index contributed by atoms with van der Waals surface area (Å²) in [6, 6.07) is 2.69. The number of H-pyrrole nitrogens is 1. The van der Waals surface area contributed by atoms with Crippen LogP contribution in [0, 0.1) is 5.82 Å². The van der Waals surface area contributed by atoms with Crippen LogP contribution in [0.25, 0.3) is 11.0 Å². The number of nitrogens with zero attached hydrogens (tertiary/aromatic N) is 3. The van der Waals surface area contributed by atoms with E-state index in [0.717, 1.165) is 19.5 Å². The molecule has 112 valence electrons. The zero-order valence-electron chi connectivity index (χ0n) is 11.7. The molecular weight excluding hydrogens is 295 g/mol. The maximum absolute atomic E-state index is 13.4. The normalized spacial score (nSPS) is 17.2. The van der Waals surface area contributed by atoms with Crippen molar-refractivity contribution in [3.63, 3.8) is 0 Å². The quantitative estimate of drug-likeness (QED) is 0.878. The molecule has 2 heterocycles. The van der Waals surface area contributed by atoms with Crippen molar-refractivity contribution in [1.29, 1.82) is 0 Å². The van der Waals surface area contributed by atoms with Crippen molar-refractivity contribution in [2.45, 2.75) is 6.42 Å². The second kappa shape index (κ2) is 5.61. The van der Waals surface area contributed by atoms with Crippen LogP contribution in [0.5, 0.6) is 0 Å². The number of likely N-dealkylation sites (N-methyl/N-ethyl adjacent to an activating group) is 1. The highest BCUT2D eigenvalue weighted by Crippen LogP contribution is 2.21. The number of rotatable bonds is 1. The number of nitrogens with one attached hydrogen (secondary N) is 1. The smallest absolute Gasteiger partial charge is 0.289 e. The molecule has 0 unspecified atom stereocenters. The maximum Gasteiger partial charge on any atom is 0.289 e. The van der Waals surface area contributed by atoms with E-state index in [4.69, 9.17) is 11.6 Å². The molecule has 1 fully saturated rings. The van der Waals surface area contributed by atoms with Crippen molar-refractivity contribution in [2.24, 2.45) is 0 Å². The summed E-state index contributed by atoms with van der Waals surface area (Å²) in [7, 11) is 2.04. The van der Waals surface area contributed by atoms with Gasteiger partial charge in [-0.25, -0.2) is 9.37 Å². The Balaban J connectivity index is 1.87. The number of fused-ring (bicyclic) bond motifs is 1. The molecule has 0 radical (unpaired) electrons. The van der Waals surface area contributed by atoms with Crippen LogP contribution >= 0.6 is 11.6 Å². The fourth-order valence-corrected chi connectivity index (χ4v) is 2.66. The third-order valence-corrected chi connectivity index (χ3v) is 4.02. The number of imidazole rings is 1. The number of halogens is 2. The summed E-state index contributed by atoms with van der Waals surface area (Å²) in [6.45, 7) is 3.19. The molecule has 0 spiro atoms. The van der Waals surface area contributed by atoms with E-state index in [0.29, 0.717) is 24.1 Å². The average Bonchev–Trinajstić information content (AvgIpc) is 2.72. The molecule has 0 atom stereocenters. The molecule has 1 aliphatic rings. The summed E-state index contributed by atoms with van der Waals surface area (Å²) in [4.78, 5) is 23.6. The standard InChI is InChI=1S/C14H16ClFN4O/c1-19-3-2-4-20(6-5-19)14(21)13-17-11-7-9(15)10(16)8-12(11)18-13/h7-8H,2-6H2,1H3,(H,17,18). The highest BCUT2D eigenvalue weighted by Gasteiger charge is 2.22. The minimum absolute atomic E-state index is 0.00407. The third kappa shape index (κ3) is 2.87. The van der Waals surface area contributed by atoms with Gasteiger partial charge in [-0.2, -0.15) is 0 Å². The fraction of sp³-hybridized carbons (Fsp3) is 0.429. The van der Waals surface area contributed by atoms with E-state index in [9.17, 15) is 9.18 Å². The van der Waals surface area contributed by atoms with E-state index < -0.39 is 5.82 Å². The molecule has 0 bridgehead atoms. The zero-order chi connectivity index (χ0) is 15.0.